The van der Waals surface area contributed by atoms with E-state index in [9.17, 15) is 9.59 Å². The van der Waals surface area contributed by atoms with Gasteiger partial charge in [0.25, 0.3) is 5.91 Å². The van der Waals surface area contributed by atoms with Crippen LogP contribution in [0.25, 0.3) is 17.4 Å². The summed E-state index contributed by atoms with van der Waals surface area (Å²) in [4.78, 5) is 31.8. The van der Waals surface area contributed by atoms with Crippen molar-refractivity contribution in [2.45, 2.75) is 0 Å². The molecule has 1 aromatic heterocycles. The predicted molar refractivity (Wildman–Crippen MR) is 141 cm³/mol. The topological polar surface area (TPSA) is 81.3 Å². The highest BCUT2D eigenvalue weighted by molar-refractivity contribution is 9.10. The van der Waals surface area contributed by atoms with Crippen molar-refractivity contribution in [3.63, 3.8) is 0 Å². The molecule has 7 nitrogen and oxygen atoms in total. The number of hydrogen-bond acceptors (Lipinski definition) is 7. The van der Waals surface area contributed by atoms with Gasteiger partial charge in [0.05, 0.1) is 41.4 Å². The average molecular weight is 576 g/mol. The molecular formula is C25H20BrClN2O5S. The molecule has 0 N–H and O–H groups in total. The van der Waals surface area contributed by atoms with Crippen LogP contribution in [0, 0.1) is 0 Å². The second-order valence-electron chi connectivity index (χ2n) is 7.32. The predicted octanol–water partition coefficient (Wildman–Crippen LogP) is 6.40. The minimum Gasteiger partial charge on any atom is -0.465 e. The molecule has 0 bridgehead atoms. The second kappa shape index (κ2) is 11.3. The molecular weight excluding hydrogens is 556 g/mol. The smallest absolute Gasteiger partial charge is 0.339 e. The SMILES string of the molecule is COCCN1C(=O)/C(=C\c2ccc(-c3ccc(Cl)c(C(=O)OC)c3)o2)SC1=Nc1ccc(Br)cc1. The Balaban J connectivity index is 1.62. The number of aliphatic imine (C=N–C) groups is 1. The number of methoxy groups -OCH3 is 2. The van der Waals surface area contributed by atoms with E-state index in [1.54, 1.807) is 48.4 Å². The molecule has 1 aliphatic rings. The first kappa shape index (κ1) is 25.2. The van der Waals surface area contributed by atoms with Gasteiger partial charge in [-0.2, -0.15) is 0 Å². The second-order valence-corrected chi connectivity index (χ2v) is 9.65. The minimum atomic E-state index is -0.535. The van der Waals surface area contributed by atoms with Crippen molar-refractivity contribution in [1.29, 1.82) is 0 Å². The van der Waals surface area contributed by atoms with Crippen molar-refractivity contribution in [2.24, 2.45) is 4.99 Å². The van der Waals surface area contributed by atoms with Crippen LogP contribution in [-0.2, 0) is 14.3 Å². The van der Waals surface area contributed by atoms with Crippen LogP contribution in [0.2, 0.25) is 5.02 Å². The van der Waals surface area contributed by atoms with Gasteiger partial charge in [-0.1, -0.05) is 27.5 Å². The Bertz CT molecular complexity index is 1320. The van der Waals surface area contributed by atoms with E-state index < -0.39 is 5.97 Å². The number of ether oxygens (including phenoxy) is 2. The van der Waals surface area contributed by atoms with Crippen molar-refractivity contribution >= 4 is 68.1 Å². The molecule has 4 rings (SSSR count). The van der Waals surface area contributed by atoms with Gasteiger partial charge in [0.15, 0.2) is 5.17 Å². The number of thioether (sulfide) groups is 1. The fourth-order valence-electron chi connectivity index (χ4n) is 3.26. The van der Waals surface area contributed by atoms with E-state index in [1.165, 1.54) is 18.9 Å². The lowest BCUT2D eigenvalue weighted by Gasteiger charge is -2.14. The molecule has 1 amide bonds. The quantitative estimate of drug-likeness (QED) is 0.240. The van der Waals surface area contributed by atoms with Gasteiger partial charge in [0.2, 0.25) is 0 Å². The summed E-state index contributed by atoms with van der Waals surface area (Å²) in [6, 6.07) is 16.0. The number of rotatable bonds is 7. The zero-order chi connectivity index (χ0) is 24.9. The van der Waals surface area contributed by atoms with Crippen LogP contribution < -0.4 is 0 Å². The van der Waals surface area contributed by atoms with Crippen LogP contribution >= 0.6 is 39.3 Å². The first-order valence-electron chi connectivity index (χ1n) is 10.4. The number of furan rings is 1. The van der Waals surface area contributed by atoms with Crippen LogP contribution in [0.5, 0.6) is 0 Å². The summed E-state index contributed by atoms with van der Waals surface area (Å²) >= 11 is 10.8. The summed E-state index contributed by atoms with van der Waals surface area (Å²) in [6.07, 6.45) is 1.68. The lowest BCUT2D eigenvalue weighted by atomic mass is 10.1. The maximum Gasteiger partial charge on any atom is 0.339 e. The van der Waals surface area contributed by atoms with Crippen LogP contribution in [0.4, 0.5) is 5.69 Å². The first-order valence-corrected chi connectivity index (χ1v) is 12.4. The van der Waals surface area contributed by atoms with Crippen molar-refractivity contribution < 1.29 is 23.5 Å². The zero-order valence-electron chi connectivity index (χ0n) is 18.8. The number of carbonyl (C=O) groups excluding carboxylic acids is 2. The van der Waals surface area contributed by atoms with E-state index in [-0.39, 0.29) is 16.5 Å². The maximum atomic E-state index is 13.1. The number of nitrogens with zero attached hydrogens (tertiary/aromatic N) is 2. The summed E-state index contributed by atoms with van der Waals surface area (Å²) < 4.78 is 16.8. The first-order chi connectivity index (χ1) is 16.9. The van der Waals surface area contributed by atoms with E-state index in [0.29, 0.717) is 40.3 Å². The van der Waals surface area contributed by atoms with E-state index in [1.807, 2.05) is 24.3 Å². The number of halogens is 2. The lowest BCUT2D eigenvalue weighted by molar-refractivity contribution is -0.122. The van der Waals surface area contributed by atoms with E-state index in [2.05, 4.69) is 20.9 Å². The van der Waals surface area contributed by atoms with Crippen molar-refractivity contribution in [1.82, 2.24) is 4.90 Å². The van der Waals surface area contributed by atoms with Crippen LogP contribution in [0.15, 0.2) is 73.4 Å². The van der Waals surface area contributed by atoms with Gasteiger partial charge in [-0.25, -0.2) is 9.79 Å². The third-order valence-corrected chi connectivity index (χ3v) is 6.88. The summed E-state index contributed by atoms with van der Waals surface area (Å²) in [7, 11) is 2.88. The summed E-state index contributed by atoms with van der Waals surface area (Å²) in [6.45, 7) is 0.752. The molecule has 2 heterocycles. The molecule has 35 heavy (non-hydrogen) atoms. The van der Waals surface area contributed by atoms with Gasteiger partial charge in [0, 0.05) is 23.2 Å². The Kier molecular flexibility index (Phi) is 8.12. The summed E-state index contributed by atoms with van der Waals surface area (Å²) in [5.74, 6) is 0.295. The number of carbonyl (C=O) groups is 2. The van der Waals surface area contributed by atoms with Crippen LogP contribution in [0.1, 0.15) is 16.1 Å². The minimum absolute atomic E-state index is 0.180. The molecule has 1 fully saturated rings. The number of benzene rings is 2. The molecule has 0 unspecified atom stereocenters. The molecule has 0 radical (unpaired) electrons. The van der Waals surface area contributed by atoms with Gasteiger partial charge in [-0.3, -0.25) is 9.69 Å². The van der Waals surface area contributed by atoms with Crippen molar-refractivity contribution in [3.8, 4) is 11.3 Å². The van der Waals surface area contributed by atoms with Crippen molar-refractivity contribution in [2.75, 3.05) is 27.4 Å². The average Bonchev–Trinajstić information content (AvgIpc) is 3.44. The number of esters is 1. The van der Waals surface area contributed by atoms with Crippen LogP contribution in [-0.4, -0.2) is 49.3 Å². The molecule has 0 spiro atoms. The molecule has 1 aliphatic heterocycles. The lowest BCUT2D eigenvalue weighted by Crippen LogP contribution is -2.32. The third kappa shape index (κ3) is 5.87. The molecule has 180 valence electrons. The van der Waals surface area contributed by atoms with Crippen LogP contribution in [0.3, 0.4) is 0 Å². The van der Waals surface area contributed by atoms with E-state index in [4.69, 9.17) is 25.5 Å². The standard InChI is InChI=1S/C25H20BrClN2O5S/c1-32-12-11-29-23(30)22(35-25(29)28-17-6-4-16(26)5-7-17)14-18-8-10-21(34-18)15-3-9-20(27)19(13-15)24(31)33-2/h3-10,13-14H,11-12H2,1-2H3/b22-14+,28-25?. The summed E-state index contributed by atoms with van der Waals surface area (Å²) in [5.41, 5.74) is 1.63. The number of amides is 1. The van der Waals surface area contributed by atoms with Gasteiger partial charge >= 0.3 is 5.97 Å². The molecule has 0 atom stereocenters. The highest BCUT2D eigenvalue weighted by atomic mass is 79.9. The number of amidine groups is 1. The summed E-state index contributed by atoms with van der Waals surface area (Å²) in [5, 5.41) is 0.851. The Morgan fingerprint density at radius 3 is 2.66 bits per heavy atom. The zero-order valence-corrected chi connectivity index (χ0v) is 21.9. The highest BCUT2D eigenvalue weighted by Gasteiger charge is 2.33. The number of hydrogen-bond donors (Lipinski definition) is 0. The molecule has 10 heteroatoms. The monoisotopic (exact) mass is 574 g/mol. The Labute approximate surface area is 219 Å². The van der Waals surface area contributed by atoms with Gasteiger partial charge < -0.3 is 13.9 Å². The highest BCUT2D eigenvalue weighted by Crippen LogP contribution is 2.35. The third-order valence-electron chi connectivity index (χ3n) is 5.01. The van der Waals surface area contributed by atoms with Gasteiger partial charge in [0.1, 0.15) is 11.5 Å². The Morgan fingerprint density at radius 1 is 1.17 bits per heavy atom. The molecule has 3 aromatic rings. The molecule has 0 saturated carbocycles. The molecule has 2 aromatic carbocycles. The van der Waals surface area contributed by atoms with Gasteiger partial charge in [-0.15, -0.1) is 0 Å². The molecule has 0 aliphatic carbocycles. The maximum absolute atomic E-state index is 13.1. The fraction of sp³-hybridized carbons (Fsp3) is 0.160. The van der Waals surface area contributed by atoms with E-state index >= 15 is 0 Å². The molecule has 1 saturated heterocycles. The Hall–Kier alpha value is -2.85. The normalized spacial score (nSPS) is 15.9. The van der Waals surface area contributed by atoms with Crippen molar-refractivity contribution in [3.05, 3.63) is 80.3 Å². The Morgan fingerprint density at radius 2 is 1.94 bits per heavy atom. The fourth-order valence-corrected chi connectivity index (χ4v) is 4.72. The van der Waals surface area contributed by atoms with Gasteiger partial charge in [-0.05, 0) is 66.4 Å². The van der Waals surface area contributed by atoms with E-state index in [0.717, 1.165) is 10.2 Å². The largest absolute Gasteiger partial charge is 0.465 e.